The van der Waals surface area contributed by atoms with Crippen LogP contribution in [0, 0.1) is 0 Å². The van der Waals surface area contributed by atoms with Crippen LogP contribution in [0.3, 0.4) is 0 Å². The van der Waals surface area contributed by atoms with Crippen LogP contribution < -0.4 is 0 Å². The normalized spacial score (nSPS) is 25.3. The Hall–Kier alpha value is -0.290. The Bertz CT molecular complexity index is 353. The van der Waals surface area contributed by atoms with Gasteiger partial charge >= 0.3 is 0 Å². The average Bonchev–Trinajstić information content (AvgIpc) is 2.54. The Labute approximate surface area is 102 Å². The van der Waals surface area contributed by atoms with Gasteiger partial charge in [0.1, 0.15) is 5.38 Å². The van der Waals surface area contributed by atoms with E-state index in [9.17, 15) is 13.2 Å². The van der Waals surface area contributed by atoms with Crippen LogP contribution in [0.1, 0.15) is 26.7 Å². The van der Waals surface area contributed by atoms with Crippen molar-refractivity contribution >= 4 is 27.3 Å². The van der Waals surface area contributed by atoms with Crippen LogP contribution in [0.15, 0.2) is 0 Å². The number of alkyl halides is 1. The fraction of sp³-hybridized carbons (Fsp3) is 0.900. The maximum Gasteiger partial charge on any atom is 0.240 e. The summed E-state index contributed by atoms with van der Waals surface area (Å²) >= 11 is 5.77. The van der Waals surface area contributed by atoms with Crippen molar-refractivity contribution in [2.75, 3.05) is 18.1 Å². The maximum atomic E-state index is 11.8. The lowest BCUT2D eigenvalue weighted by molar-refractivity contribution is -0.132. The second-order valence-electron chi connectivity index (χ2n) is 4.20. The molecule has 0 N–H and O–H groups in total. The van der Waals surface area contributed by atoms with Gasteiger partial charge in [-0.05, 0) is 19.8 Å². The Morgan fingerprint density at radius 1 is 1.56 bits per heavy atom. The Morgan fingerprint density at radius 3 is 2.56 bits per heavy atom. The van der Waals surface area contributed by atoms with E-state index >= 15 is 0 Å². The molecule has 0 bridgehead atoms. The fourth-order valence-electron chi connectivity index (χ4n) is 1.96. The Balaban J connectivity index is 2.75. The highest BCUT2D eigenvalue weighted by Gasteiger charge is 2.35. The third-order valence-electron chi connectivity index (χ3n) is 2.74. The first-order valence-electron chi connectivity index (χ1n) is 5.52. The van der Waals surface area contributed by atoms with Crippen molar-refractivity contribution in [1.29, 1.82) is 0 Å². The first-order valence-corrected chi connectivity index (χ1v) is 7.78. The highest BCUT2D eigenvalue weighted by molar-refractivity contribution is 7.91. The molecule has 0 unspecified atom stereocenters. The van der Waals surface area contributed by atoms with Crippen LogP contribution in [-0.2, 0) is 14.6 Å². The molecule has 4 nitrogen and oxygen atoms in total. The van der Waals surface area contributed by atoms with Gasteiger partial charge in [-0.25, -0.2) is 8.42 Å². The van der Waals surface area contributed by atoms with Crippen LogP contribution in [0.2, 0.25) is 0 Å². The van der Waals surface area contributed by atoms with Gasteiger partial charge in [0, 0.05) is 12.6 Å². The second kappa shape index (κ2) is 5.36. The molecule has 1 aliphatic heterocycles. The van der Waals surface area contributed by atoms with Gasteiger partial charge in [-0.3, -0.25) is 4.79 Å². The summed E-state index contributed by atoms with van der Waals surface area (Å²) in [5.41, 5.74) is 0. The molecule has 1 saturated heterocycles. The molecular formula is C10H18ClNO3S. The molecule has 0 aliphatic carbocycles. The van der Waals surface area contributed by atoms with Crippen LogP contribution in [-0.4, -0.2) is 48.7 Å². The van der Waals surface area contributed by atoms with Gasteiger partial charge in [0.25, 0.3) is 0 Å². The zero-order valence-corrected chi connectivity index (χ0v) is 11.2. The minimum absolute atomic E-state index is 0.0857. The summed E-state index contributed by atoms with van der Waals surface area (Å²) in [5, 5.41) is -0.588. The lowest BCUT2D eigenvalue weighted by atomic mass is 10.2. The van der Waals surface area contributed by atoms with E-state index in [2.05, 4.69) is 0 Å². The number of halogens is 1. The smallest absolute Gasteiger partial charge is 0.240 e. The van der Waals surface area contributed by atoms with Crippen molar-refractivity contribution in [3.63, 3.8) is 0 Å². The third kappa shape index (κ3) is 3.35. The topological polar surface area (TPSA) is 54.5 Å². The molecule has 0 aromatic carbocycles. The summed E-state index contributed by atoms with van der Waals surface area (Å²) in [4.78, 5) is 13.5. The maximum absolute atomic E-state index is 11.8. The van der Waals surface area contributed by atoms with E-state index in [1.54, 1.807) is 11.8 Å². The van der Waals surface area contributed by atoms with Crippen molar-refractivity contribution in [3.8, 4) is 0 Å². The van der Waals surface area contributed by atoms with Crippen molar-refractivity contribution in [1.82, 2.24) is 4.90 Å². The fourth-order valence-corrected chi connectivity index (χ4v) is 3.82. The van der Waals surface area contributed by atoms with E-state index in [1.807, 2.05) is 6.92 Å². The highest BCUT2D eigenvalue weighted by Crippen LogP contribution is 2.19. The molecule has 0 saturated carbocycles. The molecule has 1 aliphatic rings. The summed E-state index contributed by atoms with van der Waals surface area (Å²) in [5.74, 6) is 0.107. The van der Waals surface area contributed by atoms with Gasteiger partial charge in [-0.2, -0.15) is 0 Å². The number of hydrogen-bond acceptors (Lipinski definition) is 3. The van der Waals surface area contributed by atoms with Gasteiger partial charge in [-0.15, -0.1) is 11.6 Å². The molecule has 1 amide bonds. The van der Waals surface area contributed by atoms with Crippen LogP contribution >= 0.6 is 11.6 Å². The first kappa shape index (κ1) is 13.8. The van der Waals surface area contributed by atoms with Gasteiger partial charge in [0.2, 0.25) is 5.91 Å². The lowest BCUT2D eigenvalue weighted by Crippen LogP contribution is -2.44. The average molecular weight is 268 g/mol. The third-order valence-corrected chi connectivity index (χ3v) is 4.67. The van der Waals surface area contributed by atoms with Crippen LogP contribution in [0.4, 0.5) is 0 Å². The van der Waals surface area contributed by atoms with E-state index < -0.39 is 15.2 Å². The molecule has 2 atom stereocenters. The zero-order valence-electron chi connectivity index (χ0n) is 9.65. The van der Waals surface area contributed by atoms with E-state index in [1.165, 1.54) is 0 Å². The lowest BCUT2D eigenvalue weighted by Gasteiger charge is -2.28. The highest BCUT2D eigenvalue weighted by atomic mass is 35.5. The number of nitrogens with zero attached hydrogens (tertiary/aromatic N) is 1. The van der Waals surface area contributed by atoms with Crippen molar-refractivity contribution < 1.29 is 13.2 Å². The quantitative estimate of drug-likeness (QED) is 0.715. The predicted molar refractivity (Wildman–Crippen MR) is 64.4 cm³/mol. The second-order valence-corrected chi connectivity index (χ2v) is 7.09. The molecule has 16 heavy (non-hydrogen) atoms. The van der Waals surface area contributed by atoms with Gasteiger partial charge < -0.3 is 4.90 Å². The number of carbonyl (C=O) groups excluding carboxylic acids is 1. The molecule has 1 rings (SSSR count). The molecule has 0 aromatic rings. The van der Waals surface area contributed by atoms with Gasteiger partial charge in [0.15, 0.2) is 9.84 Å². The van der Waals surface area contributed by atoms with E-state index in [0.717, 1.165) is 6.42 Å². The largest absolute Gasteiger partial charge is 0.337 e. The van der Waals surface area contributed by atoms with Crippen molar-refractivity contribution in [3.05, 3.63) is 0 Å². The number of hydrogen-bond donors (Lipinski definition) is 0. The number of rotatable bonds is 4. The molecule has 94 valence electrons. The predicted octanol–water partition coefficient (Wildman–Crippen LogP) is 1.04. The standard InChI is InChI=1S/C10H18ClNO3S/c1-3-5-12(10(13)8(2)11)9-4-6-16(14,15)7-9/h8-9H,3-7H2,1-2H3/t8-,9-/m0/s1. The summed E-state index contributed by atoms with van der Waals surface area (Å²) < 4.78 is 22.7. The minimum Gasteiger partial charge on any atom is -0.337 e. The molecule has 1 fully saturated rings. The Morgan fingerprint density at radius 2 is 2.19 bits per heavy atom. The van der Waals surface area contributed by atoms with Crippen molar-refractivity contribution in [2.24, 2.45) is 0 Å². The number of sulfone groups is 1. The van der Waals surface area contributed by atoms with E-state index in [4.69, 9.17) is 11.6 Å². The number of carbonyl (C=O) groups is 1. The zero-order chi connectivity index (χ0) is 12.3. The molecule has 6 heteroatoms. The molecule has 0 spiro atoms. The monoisotopic (exact) mass is 267 g/mol. The van der Waals surface area contributed by atoms with Gasteiger partial charge in [0.05, 0.1) is 11.5 Å². The van der Waals surface area contributed by atoms with Crippen LogP contribution in [0.5, 0.6) is 0 Å². The van der Waals surface area contributed by atoms with Crippen molar-refractivity contribution in [2.45, 2.75) is 38.1 Å². The summed E-state index contributed by atoms with van der Waals surface area (Å²) in [6.45, 7) is 4.16. The SMILES string of the molecule is CCCN(C(=O)[C@H](C)Cl)[C@H]1CCS(=O)(=O)C1. The minimum atomic E-state index is -2.95. The summed E-state index contributed by atoms with van der Waals surface area (Å²) in [6, 6.07) is -0.182. The molecule has 1 heterocycles. The molecular weight excluding hydrogens is 250 g/mol. The Kier molecular flexibility index (Phi) is 4.62. The van der Waals surface area contributed by atoms with Crippen LogP contribution in [0.25, 0.3) is 0 Å². The summed E-state index contributed by atoms with van der Waals surface area (Å²) in [7, 11) is -2.95. The van der Waals surface area contributed by atoms with E-state index in [-0.39, 0.29) is 23.5 Å². The first-order chi connectivity index (χ1) is 7.37. The van der Waals surface area contributed by atoms with E-state index in [0.29, 0.717) is 13.0 Å². The number of amides is 1. The molecule has 0 radical (unpaired) electrons. The van der Waals surface area contributed by atoms with Gasteiger partial charge in [-0.1, -0.05) is 6.92 Å². The molecule has 0 aromatic heterocycles. The summed E-state index contributed by atoms with van der Waals surface area (Å²) in [6.07, 6.45) is 1.35.